The van der Waals surface area contributed by atoms with Gasteiger partial charge in [0.05, 0.1) is 18.4 Å². The quantitative estimate of drug-likeness (QED) is 0.215. The van der Waals surface area contributed by atoms with Crippen molar-refractivity contribution in [2.75, 3.05) is 6.61 Å². The number of aromatic nitrogens is 2. The largest absolute Gasteiger partial charge is 0.493 e. The van der Waals surface area contributed by atoms with Crippen LogP contribution in [0.4, 0.5) is 0 Å². The molecule has 0 atom stereocenters. The van der Waals surface area contributed by atoms with Gasteiger partial charge >= 0.3 is 5.97 Å². The molecule has 2 N–H and O–H groups in total. The monoisotopic (exact) mass is 510 g/mol. The molecule has 0 aliphatic heterocycles. The number of fused-ring (bicyclic) bond motifs is 2. The molecule has 0 aliphatic rings. The number of carbonyl (C=O) groups is 1. The van der Waals surface area contributed by atoms with Crippen LogP contribution in [0.15, 0.2) is 65.2 Å². The number of H-pyrrole nitrogens is 1. The molecule has 0 aliphatic carbocycles. The predicted molar refractivity (Wildman–Crippen MR) is 151 cm³/mol. The van der Waals surface area contributed by atoms with Gasteiger partial charge in [0, 0.05) is 28.8 Å². The first-order valence-electron chi connectivity index (χ1n) is 13.2. The zero-order valence-electron chi connectivity index (χ0n) is 22.4. The van der Waals surface area contributed by atoms with Crippen molar-refractivity contribution >= 4 is 27.8 Å². The van der Waals surface area contributed by atoms with Crippen LogP contribution in [0, 0.1) is 0 Å². The highest BCUT2D eigenvalue weighted by Crippen LogP contribution is 2.36. The van der Waals surface area contributed by atoms with E-state index in [9.17, 15) is 4.79 Å². The number of benzene rings is 3. The Morgan fingerprint density at radius 2 is 1.82 bits per heavy atom. The van der Waals surface area contributed by atoms with Crippen LogP contribution in [-0.2, 0) is 29.5 Å². The van der Waals surface area contributed by atoms with E-state index in [2.05, 4.69) is 68.2 Å². The van der Waals surface area contributed by atoms with E-state index in [1.807, 2.05) is 30.3 Å². The number of aryl methyl sites for hydroxylation is 1. The number of nitrogens with one attached hydrogen (secondary N) is 1. The Kier molecular flexibility index (Phi) is 6.98. The first kappa shape index (κ1) is 25.6. The maximum atomic E-state index is 11.0. The Morgan fingerprint density at radius 3 is 2.53 bits per heavy atom. The minimum Gasteiger partial charge on any atom is -0.493 e. The third-order valence-electron chi connectivity index (χ3n) is 6.95. The Bertz CT molecular complexity index is 1590. The molecule has 5 aromatic rings. The van der Waals surface area contributed by atoms with Gasteiger partial charge in [0.25, 0.3) is 0 Å². The SMILES string of the molecule is CCCc1c(OCCc2cc3cc(CC(=O)O)ccc3[nH]2)ccc2c(-c3ccc(C(C)(C)C)cc3)noc12. The highest BCUT2D eigenvalue weighted by Gasteiger charge is 2.19. The van der Waals surface area contributed by atoms with Crippen molar-refractivity contribution < 1.29 is 19.2 Å². The van der Waals surface area contributed by atoms with Crippen LogP contribution in [0.25, 0.3) is 33.1 Å². The summed E-state index contributed by atoms with van der Waals surface area (Å²) in [7, 11) is 0. The summed E-state index contributed by atoms with van der Waals surface area (Å²) in [4.78, 5) is 14.4. The Morgan fingerprint density at radius 1 is 1.03 bits per heavy atom. The van der Waals surface area contributed by atoms with Gasteiger partial charge in [-0.2, -0.15) is 0 Å². The highest BCUT2D eigenvalue weighted by atomic mass is 16.5. The van der Waals surface area contributed by atoms with E-state index in [4.69, 9.17) is 14.4 Å². The molecule has 0 amide bonds. The van der Waals surface area contributed by atoms with Gasteiger partial charge in [-0.1, -0.05) is 69.6 Å². The first-order chi connectivity index (χ1) is 18.2. The van der Waals surface area contributed by atoms with E-state index in [-0.39, 0.29) is 11.8 Å². The van der Waals surface area contributed by atoms with E-state index in [0.717, 1.165) is 68.5 Å². The normalized spacial score (nSPS) is 11.9. The number of aliphatic carboxylic acids is 1. The maximum Gasteiger partial charge on any atom is 0.307 e. The second-order valence-corrected chi connectivity index (χ2v) is 10.9. The lowest BCUT2D eigenvalue weighted by Gasteiger charge is -2.18. The molecule has 38 heavy (non-hydrogen) atoms. The topological polar surface area (TPSA) is 88.4 Å². The number of ether oxygens (including phenoxy) is 1. The summed E-state index contributed by atoms with van der Waals surface area (Å²) in [6.07, 6.45) is 2.53. The van der Waals surface area contributed by atoms with E-state index in [0.29, 0.717) is 13.0 Å². The van der Waals surface area contributed by atoms with Crippen LogP contribution in [0.5, 0.6) is 5.75 Å². The average molecular weight is 511 g/mol. The lowest BCUT2D eigenvalue weighted by atomic mass is 9.86. The van der Waals surface area contributed by atoms with Crippen LogP contribution in [0.3, 0.4) is 0 Å². The number of hydrogen-bond acceptors (Lipinski definition) is 4. The molecule has 3 aromatic carbocycles. The predicted octanol–water partition coefficient (Wildman–Crippen LogP) is 7.47. The molecule has 6 heteroatoms. The van der Waals surface area contributed by atoms with Crippen LogP contribution in [0.1, 0.15) is 56.5 Å². The van der Waals surface area contributed by atoms with Gasteiger partial charge in [-0.05, 0) is 58.7 Å². The number of carboxylic acid groups (broad SMARTS) is 1. The van der Waals surface area contributed by atoms with Crippen LogP contribution in [-0.4, -0.2) is 27.8 Å². The number of nitrogens with zero attached hydrogens (tertiary/aromatic N) is 1. The first-order valence-corrected chi connectivity index (χ1v) is 13.2. The molecule has 0 spiro atoms. The van der Waals surface area contributed by atoms with E-state index in [1.54, 1.807) is 0 Å². The molecule has 0 radical (unpaired) electrons. The molecule has 0 bridgehead atoms. The fraction of sp³-hybridized carbons (Fsp3) is 0.312. The highest BCUT2D eigenvalue weighted by molar-refractivity contribution is 5.94. The number of rotatable bonds is 9. The molecule has 6 nitrogen and oxygen atoms in total. The molecule has 0 saturated carbocycles. The lowest BCUT2D eigenvalue weighted by Crippen LogP contribution is -2.10. The van der Waals surface area contributed by atoms with Crippen molar-refractivity contribution in [2.45, 2.75) is 58.8 Å². The molecule has 0 fully saturated rings. The number of carboxylic acids is 1. The zero-order chi connectivity index (χ0) is 26.9. The summed E-state index contributed by atoms with van der Waals surface area (Å²) in [6, 6.07) is 20.4. The Labute approximate surface area is 222 Å². The Hall–Kier alpha value is -4.06. The van der Waals surface area contributed by atoms with Crippen molar-refractivity contribution in [1.82, 2.24) is 10.1 Å². The molecule has 5 rings (SSSR count). The Balaban J connectivity index is 1.34. The second-order valence-electron chi connectivity index (χ2n) is 10.9. The molecule has 0 saturated heterocycles. The second kappa shape index (κ2) is 10.4. The number of aromatic amines is 1. The third kappa shape index (κ3) is 5.30. The molecular formula is C32H34N2O4. The van der Waals surface area contributed by atoms with Crippen LogP contribution < -0.4 is 4.74 Å². The molecular weight excluding hydrogens is 476 g/mol. The van der Waals surface area contributed by atoms with E-state index >= 15 is 0 Å². The van der Waals surface area contributed by atoms with Gasteiger partial charge in [-0.3, -0.25) is 4.79 Å². The van der Waals surface area contributed by atoms with E-state index < -0.39 is 5.97 Å². The summed E-state index contributed by atoms with van der Waals surface area (Å²) >= 11 is 0. The minimum atomic E-state index is -0.828. The maximum absolute atomic E-state index is 11.0. The van der Waals surface area contributed by atoms with Crippen molar-refractivity contribution in [3.8, 4) is 17.0 Å². The summed E-state index contributed by atoms with van der Waals surface area (Å²) in [6.45, 7) is 9.29. The molecule has 0 unspecified atom stereocenters. The molecule has 196 valence electrons. The average Bonchev–Trinajstić information content (AvgIpc) is 3.48. The lowest BCUT2D eigenvalue weighted by molar-refractivity contribution is -0.136. The van der Waals surface area contributed by atoms with Gasteiger partial charge in [0.2, 0.25) is 0 Å². The van der Waals surface area contributed by atoms with E-state index in [1.165, 1.54) is 5.56 Å². The van der Waals surface area contributed by atoms with Gasteiger partial charge < -0.3 is 19.4 Å². The zero-order valence-corrected chi connectivity index (χ0v) is 22.4. The summed E-state index contributed by atoms with van der Waals surface area (Å²) in [5.41, 5.74) is 7.94. The van der Waals surface area contributed by atoms with Gasteiger partial charge in [0.1, 0.15) is 11.4 Å². The van der Waals surface area contributed by atoms with Gasteiger partial charge in [0.15, 0.2) is 5.58 Å². The summed E-state index contributed by atoms with van der Waals surface area (Å²) in [5.74, 6) is -0.00401. The van der Waals surface area contributed by atoms with Crippen molar-refractivity contribution in [1.29, 1.82) is 0 Å². The summed E-state index contributed by atoms with van der Waals surface area (Å²) < 4.78 is 12.1. The summed E-state index contributed by atoms with van der Waals surface area (Å²) in [5, 5.41) is 15.5. The molecule has 2 heterocycles. The van der Waals surface area contributed by atoms with Crippen LogP contribution >= 0.6 is 0 Å². The molecule has 2 aromatic heterocycles. The standard InChI is InChI=1S/C32H34N2O4/c1-5-6-25-28(37-16-15-24-19-22-17-20(18-29(35)36)7-13-27(22)33-24)14-12-26-30(34-38-31(25)26)21-8-10-23(11-9-21)32(2,3)4/h7-14,17,19,33H,5-6,15-16,18H2,1-4H3,(H,35,36). The fourth-order valence-electron chi connectivity index (χ4n) is 4.93. The van der Waals surface area contributed by atoms with Crippen molar-refractivity contribution in [2.24, 2.45) is 0 Å². The van der Waals surface area contributed by atoms with Crippen LogP contribution in [0.2, 0.25) is 0 Å². The third-order valence-corrected chi connectivity index (χ3v) is 6.95. The van der Waals surface area contributed by atoms with Gasteiger partial charge in [-0.15, -0.1) is 0 Å². The smallest absolute Gasteiger partial charge is 0.307 e. The number of hydrogen-bond donors (Lipinski definition) is 2. The minimum absolute atomic E-state index is 0.0217. The van der Waals surface area contributed by atoms with Crippen molar-refractivity contribution in [3.63, 3.8) is 0 Å². The van der Waals surface area contributed by atoms with Gasteiger partial charge in [-0.25, -0.2) is 0 Å². The van der Waals surface area contributed by atoms with Crippen molar-refractivity contribution in [3.05, 3.63) is 83.0 Å². The fourth-order valence-corrected chi connectivity index (χ4v) is 4.93.